The Morgan fingerprint density at radius 2 is 0.894 bits per heavy atom. The van der Waals surface area contributed by atoms with Gasteiger partial charge in [-0.3, -0.25) is 68.4 Å². The van der Waals surface area contributed by atoms with E-state index < -0.39 is 163 Å². The number of nitrogens with two attached hydrogens (primary N) is 5. The molecule has 41 heteroatoms. The number of amides is 11. The maximum atomic E-state index is 14.8. The van der Waals surface area contributed by atoms with Crippen LogP contribution in [-0.2, 0) is 88.0 Å². The van der Waals surface area contributed by atoms with Crippen LogP contribution in [0.4, 0.5) is 26.3 Å². The van der Waals surface area contributed by atoms with Crippen LogP contribution in [0.25, 0.3) is 0 Å². The van der Waals surface area contributed by atoms with Gasteiger partial charge in [-0.1, -0.05) is 121 Å². The van der Waals surface area contributed by atoms with E-state index in [2.05, 4.69) is 47.9 Å². The summed E-state index contributed by atoms with van der Waals surface area (Å²) < 4.78 is 63.9. The number of aliphatic carboxylic acids is 2. The number of alkyl halides is 6. The first-order chi connectivity index (χ1) is 53.1. The zero-order valence-corrected chi connectivity index (χ0v) is 62.3. The minimum atomic E-state index is -5.08. The number of halogens is 7. The van der Waals surface area contributed by atoms with E-state index in [4.69, 9.17) is 59.3 Å². The van der Waals surface area contributed by atoms with Gasteiger partial charge in [-0.25, -0.2) is 9.59 Å². The SMILES string of the molecule is N=C(N)NCCC[C@H](NC(=O)[C@@H]1CCCN1C(=O)[C@H](CCCNC(=N)N)NC(=O)[C@H](CC(N)=O)NC(=O)[C@H](CCC(N)=O)NC(=O)[C@H](Cc1ccccc1)NC(=O)[C@H](Cc1ccc(C(=O)c2ccccc2)cc1)NC(=O)Cc1ccccc1)C(=O)N[C@@H](Cc1ccc(O)c(I)c1)C(N)=O.O=C(O)C(F)(F)F.O=C(O)C(F)(F)F. The number of hydrogen-bond donors (Lipinski definition) is 19. The molecule has 34 nitrogen and oxygen atoms in total. The van der Waals surface area contributed by atoms with Crippen LogP contribution < -0.4 is 76.5 Å². The first-order valence-corrected chi connectivity index (χ1v) is 35.5. The number of primary amides is 3. The minimum Gasteiger partial charge on any atom is -0.507 e. The third-order valence-electron chi connectivity index (χ3n) is 16.5. The van der Waals surface area contributed by atoms with Crippen LogP contribution in [0.5, 0.6) is 5.75 Å². The van der Waals surface area contributed by atoms with Crippen LogP contribution in [0.2, 0.25) is 0 Å². The molecule has 113 heavy (non-hydrogen) atoms. The highest BCUT2D eigenvalue weighted by Crippen LogP contribution is 2.24. The largest absolute Gasteiger partial charge is 0.507 e. The molecule has 1 fully saturated rings. The predicted molar refractivity (Wildman–Crippen MR) is 400 cm³/mol. The molecule has 5 aromatic carbocycles. The van der Waals surface area contributed by atoms with Crippen LogP contribution in [0.1, 0.15) is 96.0 Å². The number of carbonyl (C=O) groups excluding carboxylic acids is 12. The fourth-order valence-corrected chi connectivity index (χ4v) is 11.5. The first-order valence-electron chi connectivity index (χ1n) is 34.4. The summed E-state index contributed by atoms with van der Waals surface area (Å²) in [6.45, 7) is 0.0777. The molecule has 610 valence electrons. The van der Waals surface area contributed by atoms with Gasteiger partial charge < -0.3 is 96.7 Å². The van der Waals surface area contributed by atoms with Crippen molar-refractivity contribution in [2.24, 2.45) is 28.7 Å². The molecule has 1 heterocycles. The van der Waals surface area contributed by atoms with Crippen molar-refractivity contribution in [3.05, 3.63) is 170 Å². The number of carboxylic acid groups (broad SMARTS) is 2. The van der Waals surface area contributed by atoms with Gasteiger partial charge in [0.05, 0.1) is 16.4 Å². The summed E-state index contributed by atoms with van der Waals surface area (Å²) in [5.74, 6) is -16.5. The number of benzene rings is 5. The van der Waals surface area contributed by atoms with Crippen LogP contribution >= 0.6 is 22.6 Å². The molecule has 11 amide bonds. The highest BCUT2D eigenvalue weighted by molar-refractivity contribution is 14.1. The van der Waals surface area contributed by atoms with Gasteiger partial charge in [0.25, 0.3) is 0 Å². The van der Waals surface area contributed by atoms with Crippen LogP contribution in [0.15, 0.2) is 133 Å². The van der Waals surface area contributed by atoms with Crippen molar-refractivity contribution >= 4 is 117 Å². The number of nitrogens with zero attached hydrogens (tertiary/aromatic N) is 1. The molecule has 24 N–H and O–H groups in total. The number of phenols is 1. The highest BCUT2D eigenvalue weighted by atomic mass is 127. The number of likely N-dealkylation sites (tertiary alicyclic amines) is 1. The number of hydrogen-bond acceptors (Lipinski definition) is 17. The van der Waals surface area contributed by atoms with Crippen molar-refractivity contribution in [2.45, 2.75) is 144 Å². The smallest absolute Gasteiger partial charge is 0.490 e. The summed E-state index contributed by atoms with van der Waals surface area (Å²) in [6.07, 6.45) is -12.3. The Balaban J connectivity index is 0.00000175. The van der Waals surface area contributed by atoms with Crippen molar-refractivity contribution in [1.29, 1.82) is 10.8 Å². The van der Waals surface area contributed by atoms with E-state index in [1.165, 1.54) is 11.0 Å². The van der Waals surface area contributed by atoms with E-state index in [1.807, 2.05) is 22.6 Å². The summed E-state index contributed by atoms with van der Waals surface area (Å²) in [7, 11) is 0. The zero-order valence-electron chi connectivity index (χ0n) is 60.2. The number of aromatic hydroxyl groups is 1. The maximum Gasteiger partial charge on any atom is 0.490 e. The van der Waals surface area contributed by atoms with Crippen molar-refractivity contribution in [2.75, 3.05) is 19.6 Å². The van der Waals surface area contributed by atoms with Crippen molar-refractivity contribution in [1.82, 2.24) is 52.8 Å². The van der Waals surface area contributed by atoms with Crippen molar-refractivity contribution in [3.8, 4) is 5.75 Å². The maximum absolute atomic E-state index is 14.8. The second-order valence-corrected chi connectivity index (χ2v) is 26.4. The van der Waals surface area contributed by atoms with Gasteiger partial charge in [0.2, 0.25) is 65.0 Å². The molecular weight excluding hydrogens is 1620 g/mol. The Morgan fingerprint density at radius 1 is 0.487 bits per heavy atom. The molecule has 0 unspecified atom stereocenters. The molecule has 1 saturated heterocycles. The zero-order chi connectivity index (χ0) is 84.3. The van der Waals surface area contributed by atoms with Crippen molar-refractivity contribution < 1.29 is 109 Å². The van der Waals surface area contributed by atoms with E-state index >= 15 is 0 Å². The molecular formula is C72H86F6IN17O17. The Bertz CT molecular complexity index is 4150. The lowest BCUT2D eigenvalue weighted by Crippen LogP contribution is -2.61. The molecule has 0 radical (unpaired) electrons. The van der Waals surface area contributed by atoms with E-state index in [1.54, 1.807) is 127 Å². The molecule has 8 atom stereocenters. The number of phenolic OH excluding ortho intramolecular Hbond substituents is 1. The molecule has 1 aliphatic rings. The quantitative estimate of drug-likeness (QED) is 0.00631. The fourth-order valence-electron chi connectivity index (χ4n) is 10.9. The summed E-state index contributed by atoms with van der Waals surface area (Å²) in [4.78, 5) is 186. The lowest BCUT2D eigenvalue weighted by Gasteiger charge is -2.31. The number of carboxylic acids is 2. The standard InChI is InChI=1S/C68H84IN17O13.2C2HF3O2/c69-45-33-42(24-28-54(45)87)36-49(59(72)92)83-60(93)46(19-10-30-77-67(73)74)81-65(98)53-21-12-32-86(53)66(99)48(20-11-31-78-68(75)76)82-64(97)52(38-56(71)89)85-61(94)47(27-29-55(70)88)80-63(96)51(34-39-13-4-1-5-14-39)84-62(95)50(79-57(90)37-40-15-6-2-7-16-40)35-41-22-25-44(26-23-41)58(91)43-17-8-3-9-18-43;2*3-2(4,5)1(6)7/h1-9,13-18,22-26,28,33,46-53,87H,10-12,19-21,27,29-32,34-38H2,(H2,70,88)(H2,71,89)(H2,72,92)(H,79,90)(H,80,96)(H,81,98)(H,82,97)(H,83,93)(H,84,95)(H,85,94)(H4,73,74,77)(H4,75,76,78);2*(H,6,7)/t46-,47-,48-,49-,50-,51-,52-,53-;;/m0../s1. The molecule has 0 spiro atoms. The molecule has 0 bridgehead atoms. The van der Waals surface area contributed by atoms with Gasteiger partial charge in [-0.15, -0.1) is 0 Å². The van der Waals surface area contributed by atoms with Crippen LogP contribution in [0, 0.1) is 14.4 Å². The monoisotopic (exact) mass is 1700 g/mol. The van der Waals surface area contributed by atoms with E-state index in [9.17, 15) is 89.0 Å². The third-order valence-corrected chi connectivity index (χ3v) is 17.3. The Kier molecular flexibility index (Phi) is 37.5. The highest BCUT2D eigenvalue weighted by Gasteiger charge is 2.42. The molecule has 5 aromatic rings. The number of ketones is 1. The first kappa shape index (κ1) is 92.9. The third kappa shape index (κ3) is 33.7. The fraction of sp³-hybridized carbons (Fsp3) is 0.361. The number of guanidine groups is 2. The molecule has 6 rings (SSSR count). The average molecular weight is 1700 g/mol. The lowest BCUT2D eigenvalue weighted by molar-refractivity contribution is -0.193. The van der Waals surface area contributed by atoms with Gasteiger partial charge >= 0.3 is 24.3 Å². The van der Waals surface area contributed by atoms with Gasteiger partial charge in [-0.05, 0) is 102 Å². The van der Waals surface area contributed by atoms with Gasteiger partial charge in [0.15, 0.2) is 17.7 Å². The normalized spacial score (nSPS) is 14.1. The van der Waals surface area contributed by atoms with E-state index in [0.29, 0.717) is 37.0 Å². The van der Waals surface area contributed by atoms with Crippen LogP contribution in [-0.4, -0.2) is 195 Å². The summed E-state index contributed by atoms with van der Waals surface area (Å²) >= 11 is 1.89. The van der Waals surface area contributed by atoms with E-state index in [0.717, 1.165) is 0 Å². The molecule has 0 aliphatic carbocycles. The molecule has 1 aliphatic heterocycles. The number of nitrogens with one attached hydrogen (secondary N) is 11. The summed E-state index contributed by atoms with van der Waals surface area (Å²) in [5, 5.41) is 63.1. The topological polar surface area (TPSA) is 589 Å². The second kappa shape index (κ2) is 45.6. The Hall–Kier alpha value is -12.5. The van der Waals surface area contributed by atoms with Crippen LogP contribution in [0.3, 0.4) is 0 Å². The second-order valence-electron chi connectivity index (χ2n) is 25.3. The summed E-state index contributed by atoms with van der Waals surface area (Å²) in [6, 6.07) is 24.9. The Morgan fingerprint density at radius 3 is 1.38 bits per heavy atom. The van der Waals surface area contributed by atoms with Gasteiger partial charge in [-0.2, -0.15) is 26.3 Å². The number of carbonyl (C=O) groups is 14. The minimum absolute atomic E-state index is 0.00778. The average Bonchev–Trinajstić information content (AvgIpc) is 1.75. The predicted octanol–water partition coefficient (Wildman–Crippen LogP) is 0.302. The Labute approximate surface area is 655 Å². The van der Waals surface area contributed by atoms with Gasteiger partial charge in [0.1, 0.15) is 54.1 Å². The van der Waals surface area contributed by atoms with E-state index in [-0.39, 0.29) is 101 Å². The molecule has 0 aromatic heterocycles. The number of rotatable bonds is 38. The lowest BCUT2D eigenvalue weighted by atomic mass is 9.98. The summed E-state index contributed by atoms with van der Waals surface area (Å²) in [5.41, 5.74) is 31.0. The van der Waals surface area contributed by atoms with Gasteiger partial charge in [0, 0.05) is 56.4 Å². The molecule has 0 saturated carbocycles. The van der Waals surface area contributed by atoms with Crippen molar-refractivity contribution in [3.63, 3.8) is 0 Å².